The van der Waals surface area contributed by atoms with Gasteiger partial charge in [0.05, 0.1) is 5.69 Å². The van der Waals surface area contributed by atoms with Crippen LogP contribution in [0.15, 0.2) is 24.3 Å². The molecule has 6 heteroatoms. The number of hydrogen-bond acceptors (Lipinski definition) is 6. The summed E-state index contributed by atoms with van der Waals surface area (Å²) in [4.78, 5) is 4.43. The van der Waals surface area contributed by atoms with Gasteiger partial charge in [-0.15, -0.1) is 5.10 Å². The van der Waals surface area contributed by atoms with Gasteiger partial charge in [0.25, 0.3) is 0 Å². The molecule has 0 bridgehead atoms. The highest BCUT2D eigenvalue weighted by atomic mass is 16.3. The average Bonchev–Trinajstić information content (AvgIpc) is 2.67. The van der Waals surface area contributed by atoms with E-state index in [2.05, 4.69) is 33.0 Å². The van der Waals surface area contributed by atoms with E-state index < -0.39 is 0 Å². The lowest BCUT2D eigenvalue weighted by Crippen LogP contribution is -2.47. The van der Waals surface area contributed by atoms with E-state index in [1.54, 1.807) is 12.1 Å². The van der Waals surface area contributed by atoms with Crippen molar-refractivity contribution in [2.75, 3.05) is 36.0 Å². The van der Waals surface area contributed by atoms with Gasteiger partial charge in [-0.3, -0.25) is 0 Å². The van der Waals surface area contributed by atoms with E-state index in [4.69, 9.17) is 0 Å². The lowest BCUT2D eigenvalue weighted by molar-refractivity contribution is 0.475. The van der Waals surface area contributed by atoms with Gasteiger partial charge in [-0.2, -0.15) is 10.4 Å². The highest BCUT2D eigenvalue weighted by Crippen LogP contribution is 2.26. The second-order valence-corrected chi connectivity index (χ2v) is 6.13. The molecule has 0 aliphatic carbocycles. The maximum atomic E-state index is 9.66. The topological polar surface area (TPSA) is 76.3 Å². The van der Waals surface area contributed by atoms with Crippen LogP contribution >= 0.6 is 0 Å². The van der Waals surface area contributed by atoms with Crippen LogP contribution in [0.1, 0.15) is 30.7 Å². The van der Waals surface area contributed by atoms with Crippen molar-refractivity contribution in [2.24, 2.45) is 0 Å². The summed E-state index contributed by atoms with van der Waals surface area (Å²) in [6.45, 7) is 7.37. The molecule has 1 fully saturated rings. The highest BCUT2D eigenvalue weighted by molar-refractivity contribution is 5.59. The first kappa shape index (κ1) is 17.0. The number of phenols is 1. The molecule has 0 spiro atoms. The van der Waals surface area contributed by atoms with Crippen LogP contribution in [0.2, 0.25) is 0 Å². The molecule has 0 amide bonds. The van der Waals surface area contributed by atoms with Crippen LogP contribution in [0.25, 0.3) is 0 Å². The van der Waals surface area contributed by atoms with Gasteiger partial charge in [-0.1, -0.05) is 13.8 Å². The van der Waals surface area contributed by atoms with Crippen LogP contribution in [0, 0.1) is 11.3 Å². The molecule has 6 nitrogen and oxygen atoms in total. The fraction of sp³-hybridized carbons (Fsp3) is 0.421. The van der Waals surface area contributed by atoms with Crippen LogP contribution in [-0.2, 0) is 12.8 Å². The minimum atomic E-state index is 0.277. The molecule has 25 heavy (non-hydrogen) atoms. The summed E-state index contributed by atoms with van der Waals surface area (Å²) in [5, 5.41) is 27.8. The number of anilines is 2. The number of benzene rings is 1. The van der Waals surface area contributed by atoms with E-state index >= 15 is 0 Å². The molecule has 2 heterocycles. The quantitative estimate of drug-likeness (QED) is 0.924. The Kier molecular flexibility index (Phi) is 5.03. The van der Waals surface area contributed by atoms with Gasteiger partial charge < -0.3 is 14.9 Å². The third-order valence-corrected chi connectivity index (χ3v) is 4.73. The van der Waals surface area contributed by atoms with E-state index in [-0.39, 0.29) is 5.75 Å². The smallest absolute Gasteiger partial charge is 0.169 e. The summed E-state index contributed by atoms with van der Waals surface area (Å²) in [7, 11) is 0. The molecule has 1 N–H and O–H groups in total. The molecule has 1 aliphatic heterocycles. The Balaban J connectivity index is 1.79. The first-order valence-electron chi connectivity index (χ1n) is 8.75. The molecular formula is C19H23N5O. The summed E-state index contributed by atoms with van der Waals surface area (Å²) in [5.74, 6) is 0.987. The summed E-state index contributed by atoms with van der Waals surface area (Å²) in [6, 6.07) is 9.62. The van der Waals surface area contributed by atoms with Gasteiger partial charge >= 0.3 is 0 Å². The van der Waals surface area contributed by atoms with E-state index in [1.165, 1.54) is 0 Å². The maximum Gasteiger partial charge on any atom is 0.169 e. The van der Waals surface area contributed by atoms with E-state index in [9.17, 15) is 10.4 Å². The molecule has 1 aromatic heterocycles. The number of aryl methyl sites for hydroxylation is 1. The van der Waals surface area contributed by atoms with Gasteiger partial charge in [0.2, 0.25) is 0 Å². The zero-order valence-corrected chi connectivity index (χ0v) is 14.7. The molecule has 0 unspecified atom stereocenters. The zero-order valence-electron chi connectivity index (χ0n) is 14.7. The normalized spacial score (nSPS) is 14.4. The molecule has 130 valence electrons. The van der Waals surface area contributed by atoms with Crippen LogP contribution in [-0.4, -0.2) is 41.5 Å². The second kappa shape index (κ2) is 7.39. The number of piperazine rings is 1. The summed E-state index contributed by atoms with van der Waals surface area (Å²) >= 11 is 0. The molecule has 0 radical (unpaired) electrons. The number of aromatic nitrogens is 2. The van der Waals surface area contributed by atoms with Gasteiger partial charge in [-0.25, -0.2) is 0 Å². The van der Waals surface area contributed by atoms with Gasteiger partial charge in [0, 0.05) is 31.9 Å². The van der Waals surface area contributed by atoms with Crippen molar-refractivity contribution in [1.29, 1.82) is 5.26 Å². The third-order valence-electron chi connectivity index (χ3n) is 4.73. The number of nitrogens with zero attached hydrogens (tertiary/aromatic N) is 5. The predicted octanol–water partition coefficient (Wildman–Crippen LogP) is 2.51. The first-order valence-corrected chi connectivity index (χ1v) is 8.75. The molecule has 1 aromatic carbocycles. The summed E-state index contributed by atoms with van der Waals surface area (Å²) < 4.78 is 0. The number of phenolic OH excluding ortho intramolecular Hbond substituents is 1. The Morgan fingerprint density at radius 3 is 2.20 bits per heavy atom. The molecule has 1 aliphatic rings. The lowest BCUT2D eigenvalue weighted by Gasteiger charge is -2.37. The molecule has 3 rings (SSSR count). The minimum Gasteiger partial charge on any atom is -0.508 e. The number of aromatic hydroxyl groups is 1. The Morgan fingerprint density at radius 2 is 1.64 bits per heavy atom. The van der Waals surface area contributed by atoms with E-state index in [0.717, 1.165) is 56.0 Å². The fourth-order valence-corrected chi connectivity index (χ4v) is 3.34. The molecule has 0 atom stereocenters. The van der Waals surface area contributed by atoms with Crippen LogP contribution in [0.5, 0.6) is 5.75 Å². The van der Waals surface area contributed by atoms with Gasteiger partial charge in [0.15, 0.2) is 5.82 Å². The second-order valence-electron chi connectivity index (χ2n) is 6.13. The highest BCUT2D eigenvalue weighted by Gasteiger charge is 2.23. The average molecular weight is 337 g/mol. The van der Waals surface area contributed by atoms with Gasteiger partial charge in [0.1, 0.15) is 17.4 Å². The first-order chi connectivity index (χ1) is 12.2. The zero-order chi connectivity index (χ0) is 17.8. The Morgan fingerprint density at radius 1 is 1.00 bits per heavy atom. The monoisotopic (exact) mass is 337 g/mol. The molecule has 2 aromatic rings. The molecule has 0 saturated carbocycles. The van der Waals surface area contributed by atoms with Crippen molar-refractivity contribution in [3.63, 3.8) is 0 Å². The van der Waals surface area contributed by atoms with Crippen molar-refractivity contribution in [1.82, 2.24) is 10.2 Å². The minimum absolute atomic E-state index is 0.277. The van der Waals surface area contributed by atoms with Crippen molar-refractivity contribution in [2.45, 2.75) is 26.7 Å². The van der Waals surface area contributed by atoms with E-state index in [1.807, 2.05) is 19.1 Å². The lowest BCUT2D eigenvalue weighted by atomic mass is 10.0. The number of hydrogen-bond donors (Lipinski definition) is 1. The Bertz CT molecular complexity index is 774. The summed E-state index contributed by atoms with van der Waals surface area (Å²) in [6.07, 6.45) is 1.59. The molecule has 1 saturated heterocycles. The standard InChI is InChI=1S/C19H23N5O/c1-3-16-17(13-20)19(22-21-18(16)4-2)24-11-9-23(10-12-24)14-5-7-15(25)8-6-14/h5-8,25H,3-4,9-12H2,1-2H3. The number of nitriles is 1. The Hall–Kier alpha value is -2.81. The molecular weight excluding hydrogens is 314 g/mol. The van der Waals surface area contributed by atoms with Crippen molar-refractivity contribution >= 4 is 11.5 Å². The van der Waals surface area contributed by atoms with Crippen LogP contribution in [0.3, 0.4) is 0 Å². The predicted molar refractivity (Wildman–Crippen MR) is 98.0 cm³/mol. The number of rotatable bonds is 4. The van der Waals surface area contributed by atoms with Crippen molar-refractivity contribution in [3.8, 4) is 11.8 Å². The van der Waals surface area contributed by atoms with Crippen LogP contribution in [0.4, 0.5) is 11.5 Å². The van der Waals surface area contributed by atoms with Crippen molar-refractivity contribution < 1.29 is 5.11 Å². The summed E-state index contributed by atoms with van der Waals surface area (Å²) in [5.41, 5.74) is 3.72. The third kappa shape index (κ3) is 3.36. The largest absolute Gasteiger partial charge is 0.508 e. The van der Waals surface area contributed by atoms with Crippen molar-refractivity contribution in [3.05, 3.63) is 41.1 Å². The Labute approximate surface area is 148 Å². The van der Waals surface area contributed by atoms with Gasteiger partial charge in [-0.05, 0) is 42.7 Å². The SMILES string of the molecule is CCc1nnc(N2CCN(c3ccc(O)cc3)CC2)c(C#N)c1CC. The van der Waals surface area contributed by atoms with Crippen LogP contribution < -0.4 is 9.80 Å². The van der Waals surface area contributed by atoms with E-state index in [0.29, 0.717) is 11.4 Å². The maximum absolute atomic E-state index is 9.66. The fourth-order valence-electron chi connectivity index (χ4n) is 3.34.